The Bertz CT molecular complexity index is 453. The van der Waals surface area contributed by atoms with E-state index >= 15 is 0 Å². The number of ether oxygens (including phenoxy) is 5. The van der Waals surface area contributed by atoms with Crippen LogP contribution in [0.1, 0.15) is 34.1 Å². The lowest BCUT2D eigenvalue weighted by molar-refractivity contribution is -0.178. The standard InChI is InChI=1S/C15H24O5S2/c1-14(2)16-7-10(19-14)8-6-9-12(20-15(3,4)18-9)11(8)17-13(21)22-5/h8-12H,6-7H2,1-5H3/t8-,9+,10+,11+,12+/m1/s1. The second-order valence-corrected chi connectivity index (χ2v) is 8.35. The monoisotopic (exact) mass is 348 g/mol. The van der Waals surface area contributed by atoms with Crippen molar-refractivity contribution in [1.82, 2.24) is 0 Å². The van der Waals surface area contributed by atoms with Crippen LogP contribution < -0.4 is 0 Å². The lowest BCUT2D eigenvalue weighted by atomic mass is 9.98. The van der Waals surface area contributed by atoms with Crippen molar-refractivity contribution in [2.24, 2.45) is 5.92 Å². The molecule has 3 aliphatic rings. The number of hydrogen-bond acceptors (Lipinski definition) is 7. The molecule has 0 radical (unpaired) electrons. The first-order valence-electron chi connectivity index (χ1n) is 7.63. The highest BCUT2D eigenvalue weighted by atomic mass is 32.2. The molecule has 0 spiro atoms. The normalized spacial score (nSPS) is 42.3. The SMILES string of the molecule is CSC(=S)O[C@H]1[C@@H]([C@@H]2COC(C)(C)O2)C[C@@H]2OC(C)(C)O[C@H]12. The zero-order valence-electron chi connectivity index (χ0n) is 13.7. The summed E-state index contributed by atoms with van der Waals surface area (Å²) in [5.74, 6) is -0.971. The number of thioether (sulfide) groups is 1. The molecule has 0 N–H and O–H groups in total. The molecule has 2 saturated heterocycles. The Labute approximate surface area is 141 Å². The smallest absolute Gasteiger partial charge is 0.220 e. The van der Waals surface area contributed by atoms with E-state index in [1.807, 2.05) is 34.0 Å². The Morgan fingerprint density at radius 1 is 1.09 bits per heavy atom. The van der Waals surface area contributed by atoms with Gasteiger partial charge in [-0.05, 0) is 52.6 Å². The highest BCUT2D eigenvalue weighted by Crippen LogP contribution is 2.46. The summed E-state index contributed by atoms with van der Waals surface area (Å²) >= 11 is 6.68. The fraction of sp³-hybridized carbons (Fsp3) is 0.933. The predicted octanol–water partition coefficient (Wildman–Crippen LogP) is 2.71. The molecule has 126 valence electrons. The van der Waals surface area contributed by atoms with Crippen LogP contribution in [0.5, 0.6) is 0 Å². The summed E-state index contributed by atoms with van der Waals surface area (Å²) in [6, 6.07) is 0. The second-order valence-electron chi connectivity index (χ2n) is 6.94. The van der Waals surface area contributed by atoms with E-state index in [0.717, 1.165) is 6.42 Å². The highest BCUT2D eigenvalue weighted by Gasteiger charge is 2.58. The van der Waals surface area contributed by atoms with E-state index in [1.165, 1.54) is 11.8 Å². The van der Waals surface area contributed by atoms with Crippen LogP contribution in [0.15, 0.2) is 0 Å². The van der Waals surface area contributed by atoms with Gasteiger partial charge in [-0.25, -0.2) is 0 Å². The van der Waals surface area contributed by atoms with Crippen LogP contribution in [-0.4, -0.2) is 53.2 Å². The summed E-state index contributed by atoms with van der Waals surface area (Å²) in [7, 11) is 0. The Hall–Kier alpha value is 0.0800. The third kappa shape index (κ3) is 3.30. The number of thiocarbonyl (C=S) groups is 1. The number of rotatable bonds is 2. The fourth-order valence-corrected chi connectivity index (χ4v) is 3.89. The van der Waals surface area contributed by atoms with E-state index in [0.29, 0.717) is 11.0 Å². The first-order chi connectivity index (χ1) is 10.2. The van der Waals surface area contributed by atoms with E-state index in [-0.39, 0.29) is 30.3 Å². The van der Waals surface area contributed by atoms with E-state index < -0.39 is 11.6 Å². The van der Waals surface area contributed by atoms with Gasteiger partial charge in [-0.3, -0.25) is 0 Å². The van der Waals surface area contributed by atoms with Crippen molar-refractivity contribution in [2.45, 2.75) is 70.1 Å². The van der Waals surface area contributed by atoms with E-state index in [9.17, 15) is 0 Å². The van der Waals surface area contributed by atoms with Crippen LogP contribution in [-0.2, 0) is 23.7 Å². The molecule has 3 fully saturated rings. The molecule has 3 rings (SSSR count). The topological polar surface area (TPSA) is 46.2 Å². The zero-order valence-corrected chi connectivity index (χ0v) is 15.3. The van der Waals surface area contributed by atoms with Crippen LogP contribution in [0.2, 0.25) is 0 Å². The summed E-state index contributed by atoms with van der Waals surface area (Å²) < 4.78 is 30.4. The largest absolute Gasteiger partial charge is 0.472 e. The van der Waals surface area contributed by atoms with Crippen molar-refractivity contribution >= 4 is 28.4 Å². The van der Waals surface area contributed by atoms with Crippen LogP contribution in [0, 0.1) is 5.92 Å². The second kappa shape index (κ2) is 5.86. The Balaban J connectivity index is 1.76. The minimum atomic E-state index is -0.574. The van der Waals surface area contributed by atoms with Gasteiger partial charge in [0.25, 0.3) is 0 Å². The summed E-state index contributed by atoms with van der Waals surface area (Å²) in [6.07, 6.45) is 2.47. The zero-order chi connectivity index (χ0) is 16.1. The number of hydrogen-bond donors (Lipinski definition) is 0. The molecule has 2 heterocycles. The maximum atomic E-state index is 6.06. The van der Waals surface area contributed by atoms with Crippen molar-refractivity contribution in [2.75, 3.05) is 12.9 Å². The molecular formula is C15H24O5S2. The van der Waals surface area contributed by atoms with Gasteiger partial charge in [0.15, 0.2) is 11.6 Å². The molecule has 0 aromatic heterocycles. The van der Waals surface area contributed by atoms with Crippen LogP contribution in [0.3, 0.4) is 0 Å². The maximum Gasteiger partial charge on any atom is 0.220 e. The van der Waals surface area contributed by atoms with Crippen LogP contribution in [0.4, 0.5) is 0 Å². The fourth-order valence-electron chi connectivity index (χ4n) is 3.57. The molecule has 22 heavy (non-hydrogen) atoms. The van der Waals surface area contributed by atoms with Crippen molar-refractivity contribution in [3.63, 3.8) is 0 Å². The molecule has 1 saturated carbocycles. The highest BCUT2D eigenvalue weighted by molar-refractivity contribution is 8.22. The molecule has 0 bridgehead atoms. The Morgan fingerprint density at radius 3 is 2.36 bits per heavy atom. The van der Waals surface area contributed by atoms with Crippen molar-refractivity contribution < 1.29 is 23.7 Å². The van der Waals surface area contributed by atoms with E-state index in [2.05, 4.69) is 0 Å². The molecule has 2 aliphatic heterocycles. The van der Waals surface area contributed by atoms with E-state index in [1.54, 1.807) is 0 Å². The Morgan fingerprint density at radius 2 is 1.77 bits per heavy atom. The van der Waals surface area contributed by atoms with Crippen LogP contribution >= 0.6 is 24.0 Å². The third-order valence-corrected chi connectivity index (χ3v) is 5.40. The van der Waals surface area contributed by atoms with Gasteiger partial charge >= 0.3 is 0 Å². The molecule has 5 nitrogen and oxygen atoms in total. The van der Waals surface area contributed by atoms with Gasteiger partial charge in [0.2, 0.25) is 4.38 Å². The van der Waals surface area contributed by atoms with Gasteiger partial charge in [0, 0.05) is 5.92 Å². The molecule has 0 amide bonds. The summed E-state index contributed by atoms with van der Waals surface area (Å²) in [4.78, 5) is 0. The first-order valence-corrected chi connectivity index (χ1v) is 9.26. The average molecular weight is 348 g/mol. The lowest BCUT2D eigenvalue weighted by Gasteiger charge is -2.30. The molecule has 0 aromatic carbocycles. The molecular weight excluding hydrogens is 324 g/mol. The summed E-state index contributed by atoms with van der Waals surface area (Å²) in [6.45, 7) is 8.29. The van der Waals surface area contributed by atoms with Gasteiger partial charge in [0.1, 0.15) is 12.2 Å². The van der Waals surface area contributed by atoms with E-state index in [4.69, 9.17) is 35.9 Å². The van der Waals surface area contributed by atoms with Gasteiger partial charge in [-0.15, -0.1) is 0 Å². The van der Waals surface area contributed by atoms with Crippen molar-refractivity contribution in [3.05, 3.63) is 0 Å². The molecule has 0 aromatic rings. The predicted molar refractivity (Wildman–Crippen MR) is 87.8 cm³/mol. The average Bonchev–Trinajstić information content (AvgIpc) is 3.01. The first kappa shape index (κ1) is 16.9. The minimum Gasteiger partial charge on any atom is -0.472 e. The Kier molecular flexibility index (Phi) is 4.51. The van der Waals surface area contributed by atoms with Gasteiger partial charge in [-0.2, -0.15) is 0 Å². The minimum absolute atomic E-state index is 0.0157. The van der Waals surface area contributed by atoms with Crippen LogP contribution in [0.25, 0.3) is 0 Å². The molecule has 1 aliphatic carbocycles. The molecule has 7 heteroatoms. The lowest BCUT2D eigenvalue weighted by Crippen LogP contribution is -2.40. The van der Waals surface area contributed by atoms with Gasteiger partial charge in [-0.1, -0.05) is 11.8 Å². The maximum absolute atomic E-state index is 6.06. The molecule has 0 unspecified atom stereocenters. The third-order valence-electron chi connectivity index (χ3n) is 4.38. The molecule has 5 atom stereocenters. The quantitative estimate of drug-likeness (QED) is 0.711. The van der Waals surface area contributed by atoms with Gasteiger partial charge < -0.3 is 23.7 Å². The number of fused-ring (bicyclic) bond motifs is 1. The van der Waals surface area contributed by atoms with Crippen molar-refractivity contribution in [3.8, 4) is 0 Å². The summed E-state index contributed by atoms with van der Waals surface area (Å²) in [5.41, 5.74) is 0. The van der Waals surface area contributed by atoms with Gasteiger partial charge in [0.05, 0.1) is 18.8 Å². The van der Waals surface area contributed by atoms with Crippen molar-refractivity contribution in [1.29, 1.82) is 0 Å². The summed E-state index contributed by atoms with van der Waals surface area (Å²) in [5, 5.41) is 0.